The Morgan fingerprint density at radius 2 is 1.38 bits per heavy atom. The molecule has 2 heterocycles. The smallest absolute Gasteiger partial charge is 0.256 e. The third kappa shape index (κ3) is 3.85. The van der Waals surface area contributed by atoms with Crippen LogP contribution < -0.4 is 5.32 Å². The summed E-state index contributed by atoms with van der Waals surface area (Å²) in [5.41, 5.74) is 3.48. The number of benzene rings is 5. The van der Waals surface area contributed by atoms with Gasteiger partial charge in [0, 0.05) is 28.4 Å². The van der Waals surface area contributed by atoms with Crippen molar-refractivity contribution in [2.75, 3.05) is 20.0 Å². The lowest BCUT2D eigenvalue weighted by molar-refractivity contribution is 0.0104. The highest BCUT2D eigenvalue weighted by Gasteiger charge is 2.28. The first-order valence-corrected chi connectivity index (χ1v) is 14.5. The molecule has 40 heavy (non-hydrogen) atoms. The summed E-state index contributed by atoms with van der Waals surface area (Å²) < 4.78 is 11.9. The molecular formula is C34H34N2O4. The predicted molar refractivity (Wildman–Crippen MR) is 159 cm³/mol. The molecule has 0 spiro atoms. The molecule has 5 aromatic rings. The molecule has 0 saturated carbocycles. The van der Waals surface area contributed by atoms with Gasteiger partial charge in [-0.25, -0.2) is 0 Å². The molecule has 2 amide bonds. The van der Waals surface area contributed by atoms with E-state index in [2.05, 4.69) is 55.6 Å². The number of ether oxygens (including phenoxy) is 2. The van der Waals surface area contributed by atoms with E-state index < -0.39 is 0 Å². The van der Waals surface area contributed by atoms with Crippen LogP contribution in [0.2, 0.25) is 0 Å². The quantitative estimate of drug-likeness (QED) is 0.186. The fourth-order valence-corrected chi connectivity index (χ4v) is 6.87. The highest BCUT2D eigenvalue weighted by atomic mass is 16.5. The lowest BCUT2D eigenvalue weighted by atomic mass is 9.84. The molecule has 0 bridgehead atoms. The molecule has 204 valence electrons. The number of carbonyl (C=O) groups excluding carboxylic acids is 2. The number of nitrogens with zero attached hydrogens (tertiary/aromatic N) is 1. The summed E-state index contributed by atoms with van der Waals surface area (Å²) in [4.78, 5) is 29.0. The summed E-state index contributed by atoms with van der Waals surface area (Å²) >= 11 is 0. The average molecular weight is 535 g/mol. The molecule has 7 rings (SSSR count). The van der Waals surface area contributed by atoms with E-state index in [9.17, 15) is 9.59 Å². The van der Waals surface area contributed by atoms with E-state index in [1.165, 1.54) is 6.42 Å². The van der Waals surface area contributed by atoms with Gasteiger partial charge in [0.05, 0.1) is 13.2 Å². The fourth-order valence-electron chi connectivity index (χ4n) is 6.87. The van der Waals surface area contributed by atoms with E-state index >= 15 is 0 Å². The molecule has 2 aliphatic heterocycles. The molecule has 0 saturated heterocycles. The van der Waals surface area contributed by atoms with Gasteiger partial charge in [-0.15, -0.1) is 0 Å². The van der Waals surface area contributed by atoms with E-state index in [1.54, 1.807) is 0 Å². The van der Waals surface area contributed by atoms with Crippen LogP contribution in [-0.4, -0.2) is 36.7 Å². The topological polar surface area (TPSA) is 67.9 Å². The van der Waals surface area contributed by atoms with Crippen LogP contribution in [0, 0.1) is 5.92 Å². The Morgan fingerprint density at radius 3 is 2.02 bits per heavy atom. The Labute approximate surface area is 233 Å². The van der Waals surface area contributed by atoms with Gasteiger partial charge in [-0.1, -0.05) is 69.5 Å². The molecular weight excluding hydrogens is 500 g/mol. The number of hydrogen-bond donors (Lipinski definition) is 1. The fraction of sp³-hybridized carbons (Fsp3) is 0.353. The molecule has 1 N–H and O–H groups in total. The third-order valence-electron chi connectivity index (χ3n) is 8.96. The summed E-state index contributed by atoms with van der Waals surface area (Å²) in [5, 5.41) is 11.3. The van der Waals surface area contributed by atoms with Crippen molar-refractivity contribution in [3.05, 3.63) is 70.8 Å². The minimum atomic E-state index is -0.124. The van der Waals surface area contributed by atoms with E-state index in [0.29, 0.717) is 38.0 Å². The molecule has 0 radical (unpaired) electrons. The van der Waals surface area contributed by atoms with Crippen LogP contribution >= 0.6 is 0 Å². The Hall–Kier alpha value is -3.74. The molecule has 6 heteroatoms. The van der Waals surface area contributed by atoms with Gasteiger partial charge in [0.15, 0.2) is 0 Å². The summed E-state index contributed by atoms with van der Waals surface area (Å²) in [5.74, 6) is 0.380. The zero-order chi connectivity index (χ0) is 27.4. The first-order valence-electron chi connectivity index (χ1n) is 14.5. The maximum absolute atomic E-state index is 14.1. The van der Waals surface area contributed by atoms with Gasteiger partial charge in [-0.05, 0) is 67.9 Å². The van der Waals surface area contributed by atoms with Crippen LogP contribution in [-0.2, 0) is 22.7 Å². The number of nitrogens with one attached hydrogen (secondary N) is 1. The average Bonchev–Trinajstić information content (AvgIpc) is 2.97. The van der Waals surface area contributed by atoms with Crippen LogP contribution in [0.25, 0.3) is 43.1 Å². The Balaban J connectivity index is 1.47. The van der Waals surface area contributed by atoms with Crippen molar-refractivity contribution < 1.29 is 19.1 Å². The molecule has 5 aromatic carbocycles. The van der Waals surface area contributed by atoms with Crippen molar-refractivity contribution >= 4 is 54.9 Å². The van der Waals surface area contributed by atoms with Gasteiger partial charge in [0.2, 0.25) is 0 Å². The van der Waals surface area contributed by atoms with E-state index in [0.717, 1.165) is 79.0 Å². The minimum absolute atomic E-state index is 0.0391. The van der Waals surface area contributed by atoms with E-state index in [-0.39, 0.29) is 18.5 Å². The van der Waals surface area contributed by atoms with Gasteiger partial charge in [0.1, 0.15) is 13.5 Å². The zero-order valence-electron chi connectivity index (χ0n) is 23.1. The largest absolute Gasteiger partial charge is 0.357 e. The monoisotopic (exact) mass is 534 g/mol. The number of amides is 2. The second kappa shape index (κ2) is 10.0. The number of unbranched alkanes of at least 4 members (excludes halogenated alkanes) is 1. The lowest BCUT2D eigenvalue weighted by Gasteiger charge is -2.30. The molecule has 1 atom stereocenters. The Kier molecular flexibility index (Phi) is 6.32. The molecule has 0 aromatic heterocycles. The highest BCUT2D eigenvalue weighted by Crippen LogP contribution is 2.44. The summed E-state index contributed by atoms with van der Waals surface area (Å²) in [7, 11) is 0. The lowest BCUT2D eigenvalue weighted by Crippen LogP contribution is -2.38. The summed E-state index contributed by atoms with van der Waals surface area (Å²) in [6.07, 6.45) is 4.51. The second-order valence-corrected chi connectivity index (χ2v) is 11.3. The van der Waals surface area contributed by atoms with Crippen molar-refractivity contribution in [2.24, 2.45) is 5.92 Å². The predicted octanol–water partition coefficient (Wildman–Crippen LogP) is 7.10. The van der Waals surface area contributed by atoms with Crippen molar-refractivity contribution in [1.82, 2.24) is 10.2 Å². The maximum Gasteiger partial charge on any atom is 0.256 e. The van der Waals surface area contributed by atoms with Gasteiger partial charge >= 0.3 is 0 Å². The van der Waals surface area contributed by atoms with E-state index in [4.69, 9.17) is 9.47 Å². The van der Waals surface area contributed by atoms with Crippen LogP contribution in [0.15, 0.2) is 48.5 Å². The normalized spacial score (nSPS) is 16.8. The minimum Gasteiger partial charge on any atom is -0.357 e. The standard InChI is InChI=1S/C34H34N2O4/c1-3-5-6-20(4-2)15-36-19-40-17-22-8-10-24-25-11-13-27-29-21(16-39-18-35-33(27)37)7-9-23(31(25)29)26-12-14-28(34(36)38)30(22)32(24)26/h7-14,20H,3-6,15-19H2,1-2H3,(H,35,37). The third-order valence-corrected chi connectivity index (χ3v) is 8.96. The second-order valence-electron chi connectivity index (χ2n) is 11.3. The van der Waals surface area contributed by atoms with Crippen LogP contribution in [0.1, 0.15) is 71.4 Å². The number of carbonyl (C=O) groups is 2. The van der Waals surface area contributed by atoms with Crippen molar-refractivity contribution in [1.29, 1.82) is 0 Å². The van der Waals surface area contributed by atoms with Crippen LogP contribution in [0.4, 0.5) is 0 Å². The van der Waals surface area contributed by atoms with Crippen molar-refractivity contribution in [2.45, 2.75) is 52.7 Å². The highest BCUT2D eigenvalue weighted by molar-refractivity contribution is 6.36. The summed E-state index contributed by atoms with van der Waals surface area (Å²) in [6.45, 7) is 6.54. The van der Waals surface area contributed by atoms with Crippen molar-refractivity contribution in [3.63, 3.8) is 0 Å². The first-order chi connectivity index (χ1) is 19.6. The van der Waals surface area contributed by atoms with Gasteiger partial charge in [-0.2, -0.15) is 0 Å². The number of fused-ring (bicyclic) bond motifs is 2. The van der Waals surface area contributed by atoms with Crippen molar-refractivity contribution in [3.8, 4) is 0 Å². The van der Waals surface area contributed by atoms with Crippen LogP contribution in [0.5, 0.6) is 0 Å². The first kappa shape index (κ1) is 25.2. The van der Waals surface area contributed by atoms with E-state index in [1.807, 2.05) is 17.0 Å². The zero-order valence-corrected chi connectivity index (χ0v) is 23.1. The molecule has 6 nitrogen and oxygen atoms in total. The number of rotatable bonds is 6. The SMILES string of the molecule is CCCCC(CC)CN1COCc2ccc3c4ccc5c6c(ccc(c7ccc(c2c37)C1=O)c64)COCNC5=O. The molecule has 1 unspecified atom stereocenters. The van der Waals surface area contributed by atoms with Gasteiger partial charge < -0.3 is 19.7 Å². The molecule has 0 aliphatic carbocycles. The Bertz CT molecular complexity index is 1770. The molecule has 0 fully saturated rings. The summed E-state index contributed by atoms with van der Waals surface area (Å²) in [6, 6.07) is 16.6. The van der Waals surface area contributed by atoms with Gasteiger partial charge in [0.25, 0.3) is 11.8 Å². The maximum atomic E-state index is 14.1. The Morgan fingerprint density at radius 1 is 0.775 bits per heavy atom. The van der Waals surface area contributed by atoms with Gasteiger partial charge in [-0.3, -0.25) is 9.59 Å². The van der Waals surface area contributed by atoms with Crippen LogP contribution in [0.3, 0.4) is 0 Å². The number of hydrogen-bond acceptors (Lipinski definition) is 4. The molecule has 2 aliphatic rings.